The van der Waals surface area contributed by atoms with Crippen LogP contribution >= 0.6 is 0 Å². The average molecular weight is 263 g/mol. The van der Waals surface area contributed by atoms with Crippen molar-refractivity contribution in [3.05, 3.63) is 35.9 Å². The molecule has 1 aliphatic heterocycles. The lowest BCUT2D eigenvalue weighted by Crippen LogP contribution is -2.55. The van der Waals surface area contributed by atoms with Gasteiger partial charge in [-0.1, -0.05) is 30.3 Å². The predicted molar refractivity (Wildman–Crippen MR) is 72.7 cm³/mol. The van der Waals surface area contributed by atoms with Gasteiger partial charge < -0.3 is 14.7 Å². The Balaban J connectivity index is 2.01. The molecule has 1 amide bonds. The van der Waals surface area contributed by atoms with Crippen LogP contribution in [0.25, 0.3) is 0 Å². The Hall–Kier alpha value is -1.55. The van der Waals surface area contributed by atoms with E-state index in [0.29, 0.717) is 6.54 Å². The van der Waals surface area contributed by atoms with E-state index in [2.05, 4.69) is 0 Å². The first-order valence-corrected chi connectivity index (χ1v) is 6.61. The highest BCUT2D eigenvalue weighted by molar-refractivity contribution is 5.69. The highest BCUT2D eigenvalue weighted by Gasteiger charge is 2.39. The number of hydrogen-bond acceptors (Lipinski definition) is 3. The third kappa shape index (κ3) is 3.26. The summed E-state index contributed by atoms with van der Waals surface area (Å²) < 4.78 is 5.33. The minimum absolute atomic E-state index is 0.183. The average Bonchev–Trinajstić information content (AvgIpc) is 2.26. The minimum atomic E-state index is -0.650. The van der Waals surface area contributed by atoms with E-state index >= 15 is 0 Å². The van der Waals surface area contributed by atoms with Crippen molar-refractivity contribution < 1.29 is 14.6 Å². The van der Waals surface area contributed by atoms with Crippen molar-refractivity contribution >= 4 is 6.09 Å². The number of benzene rings is 1. The second kappa shape index (κ2) is 5.21. The largest absolute Gasteiger partial charge is 0.444 e. The molecule has 2 rings (SSSR count). The highest BCUT2D eigenvalue weighted by Crippen LogP contribution is 2.31. The Labute approximate surface area is 114 Å². The molecule has 0 spiro atoms. The lowest BCUT2D eigenvalue weighted by Gasteiger charge is -2.43. The molecular formula is C15H21NO3. The summed E-state index contributed by atoms with van der Waals surface area (Å²) in [5, 5.41) is 10.3. The maximum absolute atomic E-state index is 12.0. The van der Waals surface area contributed by atoms with E-state index in [1.807, 2.05) is 51.1 Å². The molecule has 1 saturated heterocycles. The summed E-state index contributed by atoms with van der Waals surface area (Å²) in [4.78, 5) is 13.6. The van der Waals surface area contributed by atoms with Crippen molar-refractivity contribution in [2.75, 3.05) is 6.54 Å². The van der Waals surface area contributed by atoms with Gasteiger partial charge in [-0.25, -0.2) is 4.79 Å². The summed E-state index contributed by atoms with van der Waals surface area (Å²) in [6, 6.07) is 9.23. The maximum Gasteiger partial charge on any atom is 0.410 e. The molecule has 2 atom stereocenters. The molecule has 0 aromatic heterocycles. The standard InChI is InChI=1S/C15H21NO3/c1-15(2,3)19-14(18)16-10-9-12(16)13(17)11-7-5-4-6-8-11/h4-8,12-13,17H,9-10H2,1-3H3. The first-order valence-electron chi connectivity index (χ1n) is 6.61. The van der Waals surface area contributed by atoms with Crippen molar-refractivity contribution in [3.8, 4) is 0 Å². The number of hydrogen-bond donors (Lipinski definition) is 1. The molecule has 1 heterocycles. The summed E-state index contributed by atoms with van der Waals surface area (Å²) in [5.41, 5.74) is 0.329. The number of likely N-dealkylation sites (tertiary alicyclic amines) is 1. The molecule has 0 aliphatic carbocycles. The molecule has 1 aliphatic rings. The zero-order valence-corrected chi connectivity index (χ0v) is 11.7. The Kier molecular flexibility index (Phi) is 3.80. The highest BCUT2D eigenvalue weighted by atomic mass is 16.6. The van der Waals surface area contributed by atoms with Crippen LogP contribution in [0.15, 0.2) is 30.3 Å². The molecule has 1 aromatic carbocycles. The van der Waals surface area contributed by atoms with Gasteiger partial charge in [0.1, 0.15) is 5.60 Å². The van der Waals surface area contributed by atoms with E-state index in [1.165, 1.54) is 0 Å². The third-order valence-electron chi connectivity index (χ3n) is 3.20. The number of aliphatic hydroxyl groups is 1. The fraction of sp³-hybridized carbons (Fsp3) is 0.533. The Bertz CT molecular complexity index is 438. The number of rotatable bonds is 2. The van der Waals surface area contributed by atoms with Crippen LogP contribution in [0.4, 0.5) is 4.79 Å². The number of ether oxygens (including phenoxy) is 1. The van der Waals surface area contributed by atoms with Gasteiger partial charge in [0, 0.05) is 6.54 Å². The zero-order chi connectivity index (χ0) is 14.0. The number of amides is 1. The summed E-state index contributed by atoms with van der Waals surface area (Å²) in [6.07, 6.45) is -0.198. The number of carbonyl (C=O) groups excluding carboxylic acids is 1. The normalized spacial score (nSPS) is 20.6. The van der Waals surface area contributed by atoms with Crippen molar-refractivity contribution in [1.82, 2.24) is 4.90 Å². The summed E-state index contributed by atoms with van der Waals surface area (Å²) in [7, 11) is 0. The predicted octanol–water partition coefficient (Wildman–Crippen LogP) is 2.73. The van der Waals surface area contributed by atoms with Crippen molar-refractivity contribution in [3.63, 3.8) is 0 Å². The second-order valence-electron chi connectivity index (χ2n) is 5.89. The molecule has 19 heavy (non-hydrogen) atoms. The van der Waals surface area contributed by atoms with Crippen LogP contribution < -0.4 is 0 Å². The van der Waals surface area contributed by atoms with Gasteiger partial charge in [0.2, 0.25) is 0 Å². The van der Waals surface area contributed by atoms with E-state index in [0.717, 1.165) is 12.0 Å². The summed E-state index contributed by atoms with van der Waals surface area (Å²) in [6.45, 7) is 6.16. The summed E-state index contributed by atoms with van der Waals surface area (Å²) >= 11 is 0. The van der Waals surface area contributed by atoms with Crippen LogP contribution in [-0.4, -0.2) is 34.3 Å². The van der Waals surface area contributed by atoms with Gasteiger partial charge in [0.15, 0.2) is 0 Å². The van der Waals surface area contributed by atoms with Gasteiger partial charge in [0.05, 0.1) is 12.1 Å². The quantitative estimate of drug-likeness (QED) is 0.892. The minimum Gasteiger partial charge on any atom is -0.444 e. The number of aliphatic hydroxyl groups excluding tert-OH is 1. The molecule has 0 saturated carbocycles. The number of carbonyl (C=O) groups is 1. The van der Waals surface area contributed by atoms with E-state index in [1.54, 1.807) is 4.90 Å². The molecule has 104 valence electrons. The molecule has 4 nitrogen and oxygen atoms in total. The fourth-order valence-corrected chi connectivity index (χ4v) is 2.16. The third-order valence-corrected chi connectivity index (χ3v) is 3.20. The summed E-state index contributed by atoms with van der Waals surface area (Å²) in [5.74, 6) is 0. The molecule has 0 radical (unpaired) electrons. The first-order chi connectivity index (χ1) is 8.88. The van der Waals surface area contributed by atoms with E-state index in [4.69, 9.17) is 4.74 Å². The van der Waals surface area contributed by atoms with E-state index in [-0.39, 0.29) is 12.1 Å². The monoisotopic (exact) mass is 263 g/mol. The van der Waals surface area contributed by atoms with Gasteiger partial charge >= 0.3 is 6.09 Å². The van der Waals surface area contributed by atoms with Crippen LogP contribution in [0.3, 0.4) is 0 Å². The first kappa shape index (κ1) is 13.9. The van der Waals surface area contributed by atoms with Crippen LogP contribution in [-0.2, 0) is 4.74 Å². The van der Waals surface area contributed by atoms with Gasteiger partial charge in [-0.3, -0.25) is 0 Å². The van der Waals surface area contributed by atoms with Crippen molar-refractivity contribution in [1.29, 1.82) is 0 Å². The van der Waals surface area contributed by atoms with E-state index < -0.39 is 11.7 Å². The van der Waals surface area contributed by atoms with Gasteiger partial charge in [-0.2, -0.15) is 0 Å². The molecule has 1 fully saturated rings. The Morgan fingerprint density at radius 1 is 1.37 bits per heavy atom. The second-order valence-corrected chi connectivity index (χ2v) is 5.89. The van der Waals surface area contributed by atoms with Crippen LogP contribution in [0, 0.1) is 0 Å². The lowest BCUT2D eigenvalue weighted by molar-refractivity contribution is -0.0409. The van der Waals surface area contributed by atoms with Gasteiger partial charge in [-0.15, -0.1) is 0 Å². The van der Waals surface area contributed by atoms with Crippen molar-refractivity contribution in [2.24, 2.45) is 0 Å². The molecule has 1 N–H and O–H groups in total. The zero-order valence-electron chi connectivity index (χ0n) is 11.7. The SMILES string of the molecule is CC(C)(C)OC(=O)N1CCC1C(O)c1ccccc1. The van der Waals surface area contributed by atoms with Crippen LogP contribution in [0.5, 0.6) is 0 Å². The van der Waals surface area contributed by atoms with Gasteiger partial charge in [0.25, 0.3) is 0 Å². The van der Waals surface area contributed by atoms with Crippen molar-refractivity contribution in [2.45, 2.75) is 44.9 Å². The Morgan fingerprint density at radius 2 is 2.00 bits per heavy atom. The molecule has 0 bridgehead atoms. The molecule has 1 aromatic rings. The molecule has 4 heteroatoms. The van der Waals surface area contributed by atoms with Crippen LogP contribution in [0.1, 0.15) is 38.9 Å². The smallest absolute Gasteiger partial charge is 0.410 e. The fourth-order valence-electron chi connectivity index (χ4n) is 2.16. The van der Waals surface area contributed by atoms with Gasteiger partial charge in [-0.05, 0) is 32.8 Å². The molecule has 2 unspecified atom stereocenters. The Morgan fingerprint density at radius 3 is 2.47 bits per heavy atom. The maximum atomic E-state index is 12.0. The van der Waals surface area contributed by atoms with E-state index in [9.17, 15) is 9.90 Å². The molecular weight excluding hydrogens is 242 g/mol. The lowest BCUT2D eigenvalue weighted by atomic mass is 9.93. The topological polar surface area (TPSA) is 49.8 Å². The number of nitrogens with zero attached hydrogens (tertiary/aromatic N) is 1. The van der Waals surface area contributed by atoms with Crippen LogP contribution in [0.2, 0.25) is 0 Å².